The molecule has 3 rings (SSSR count). The van der Waals surface area contributed by atoms with Crippen molar-refractivity contribution in [3.05, 3.63) is 35.2 Å². The quantitative estimate of drug-likeness (QED) is 0.824. The Morgan fingerprint density at radius 3 is 2.88 bits per heavy atom. The van der Waals surface area contributed by atoms with Gasteiger partial charge in [-0.25, -0.2) is 4.79 Å². The van der Waals surface area contributed by atoms with E-state index in [2.05, 4.69) is 15.5 Å². The molecule has 1 atom stereocenters. The van der Waals surface area contributed by atoms with E-state index in [1.54, 1.807) is 24.1 Å². The second-order valence-corrected chi connectivity index (χ2v) is 6.39. The molecule has 0 radical (unpaired) electrons. The molecule has 1 N–H and O–H groups in total. The smallest absolute Gasteiger partial charge is 0.317 e. The zero-order chi connectivity index (χ0) is 18.4. The third-order valence-corrected chi connectivity index (χ3v) is 4.15. The van der Waals surface area contributed by atoms with E-state index in [1.807, 2.05) is 12.1 Å². The van der Waals surface area contributed by atoms with Crippen LogP contribution in [-0.2, 0) is 15.9 Å². The molecule has 0 unspecified atom stereocenters. The van der Waals surface area contributed by atoms with E-state index in [-0.39, 0.29) is 12.1 Å². The Morgan fingerprint density at radius 1 is 1.35 bits per heavy atom. The average molecular weight is 381 g/mol. The molecule has 0 spiro atoms. The predicted molar refractivity (Wildman–Crippen MR) is 95.0 cm³/mol. The Hall–Kier alpha value is -2.16. The molecule has 1 fully saturated rings. The SMILES string of the molecule is CN(C[C@@H]1COCCO1)C(=O)NCCc1nc(-c2ccc(Cl)cc2)no1. The van der Waals surface area contributed by atoms with Crippen LogP contribution in [-0.4, -0.2) is 67.1 Å². The average Bonchev–Trinajstić information content (AvgIpc) is 3.12. The van der Waals surface area contributed by atoms with Crippen LogP contribution >= 0.6 is 11.6 Å². The summed E-state index contributed by atoms with van der Waals surface area (Å²) in [5, 5.41) is 7.41. The van der Waals surface area contributed by atoms with Crippen LogP contribution in [0.2, 0.25) is 5.02 Å². The Bertz CT molecular complexity index is 716. The van der Waals surface area contributed by atoms with Gasteiger partial charge in [-0.1, -0.05) is 16.8 Å². The van der Waals surface area contributed by atoms with E-state index in [1.165, 1.54) is 0 Å². The molecule has 2 heterocycles. The minimum absolute atomic E-state index is 0.0858. The second kappa shape index (κ2) is 8.98. The normalized spacial score (nSPS) is 17.1. The van der Waals surface area contributed by atoms with Crippen LogP contribution in [0, 0.1) is 0 Å². The molecule has 0 aliphatic carbocycles. The monoisotopic (exact) mass is 380 g/mol. The molecule has 1 aromatic heterocycles. The Morgan fingerprint density at radius 2 is 2.15 bits per heavy atom. The summed E-state index contributed by atoms with van der Waals surface area (Å²) in [6, 6.07) is 7.00. The summed E-state index contributed by atoms with van der Waals surface area (Å²) < 4.78 is 16.1. The zero-order valence-corrected chi connectivity index (χ0v) is 15.2. The number of carbonyl (C=O) groups is 1. The number of nitrogens with zero attached hydrogens (tertiary/aromatic N) is 3. The van der Waals surface area contributed by atoms with Crippen molar-refractivity contribution in [1.29, 1.82) is 0 Å². The maximum absolute atomic E-state index is 12.1. The molecular weight excluding hydrogens is 360 g/mol. The van der Waals surface area contributed by atoms with Gasteiger partial charge < -0.3 is 24.2 Å². The van der Waals surface area contributed by atoms with Gasteiger partial charge in [-0.15, -0.1) is 0 Å². The number of urea groups is 1. The van der Waals surface area contributed by atoms with Crippen molar-refractivity contribution in [3.8, 4) is 11.4 Å². The van der Waals surface area contributed by atoms with Crippen molar-refractivity contribution in [2.24, 2.45) is 0 Å². The number of ether oxygens (including phenoxy) is 2. The van der Waals surface area contributed by atoms with Gasteiger partial charge in [0.1, 0.15) is 0 Å². The van der Waals surface area contributed by atoms with Crippen molar-refractivity contribution >= 4 is 17.6 Å². The molecule has 8 nitrogen and oxygen atoms in total. The van der Waals surface area contributed by atoms with Gasteiger partial charge in [-0.05, 0) is 24.3 Å². The molecule has 2 aromatic rings. The summed E-state index contributed by atoms with van der Waals surface area (Å²) in [7, 11) is 1.72. The molecule has 0 bridgehead atoms. The van der Waals surface area contributed by atoms with Gasteiger partial charge in [-0.3, -0.25) is 0 Å². The molecule has 1 aliphatic heterocycles. The van der Waals surface area contributed by atoms with Crippen LogP contribution in [0.1, 0.15) is 5.89 Å². The largest absolute Gasteiger partial charge is 0.376 e. The van der Waals surface area contributed by atoms with Gasteiger partial charge in [0.2, 0.25) is 11.7 Å². The van der Waals surface area contributed by atoms with Crippen LogP contribution in [0.15, 0.2) is 28.8 Å². The topological polar surface area (TPSA) is 89.7 Å². The number of rotatable bonds is 6. The number of nitrogens with one attached hydrogen (secondary N) is 1. The van der Waals surface area contributed by atoms with Gasteiger partial charge in [0.25, 0.3) is 0 Å². The summed E-state index contributed by atoms with van der Waals surface area (Å²) in [4.78, 5) is 18.0. The summed E-state index contributed by atoms with van der Waals surface area (Å²) in [5.74, 6) is 0.955. The lowest BCUT2D eigenvalue weighted by atomic mass is 10.2. The van der Waals surface area contributed by atoms with E-state index in [9.17, 15) is 4.79 Å². The van der Waals surface area contributed by atoms with Crippen LogP contribution < -0.4 is 5.32 Å². The van der Waals surface area contributed by atoms with Gasteiger partial charge in [0.15, 0.2) is 0 Å². The fourth-order valence-corrected chi connectivity index (χ4v) is 2.64. The van der Waals surface area contributed by atoms with Crippen molar-refractivity contribution < 1.29 is 18.8 Å². The van der Waals surface area contributed by atoms with Gasteiger partial charge in [0, 0.05) is 30.6 Å². The van der Waals surface area contributed by atoms with E-state index in [4.69, 9.17) is 25.6 Å². The highest BCUT2D eigenvalue weighted by atomic mass is 35.5. The van der Waals surface area contributed by atoms with Crippen molar-refractivity contribution in [2.45, 2.75) is 12.5 Å². The lowest BCUT2D eigenvalue weighted by molar-refractivity contribution is -0.0928. The number of benzene rings is 1. The number of hydrogen-bond acceptors (Lipinski definition) is 6. The molecule has 140 valence electrons. The van der Waals surface area contributed by atoms with E-state index in [0.29, 0.717) is 56.1 Å². The number of amides is 2. The highest BCUT2D eigenvalue weighted by Crippen LogP contribution is 2.18. The van der Waals surface area contributed by atoms with Crippen LogP contribution in [0.25, 0.3) is 11.4 Å². The van der Waals surface area contributed by atoms with Crippen molar-refractivity contribution in [2.75, 3.05) is 40.0 Å². The van der Waals surface area contributed by atoms with E-state index < -0.39 is 0 Å². The number of likely N-dealkylation sites (N-methyl/N-ethyl adjacent to an activating group) is 1. The van der Waals surface area contributed by atoms with E-state index in [0.717, 1.165) is 5.56 Å². The minimum atomic E-state index is -0.184. The van der Waals surface area contributed by atoms with Crippen molar-refractivity contribution in [3.63, 3.8) is 0 Å². The molecular formula is C17H21ClN4O4. The molecule has 2 amide bonds. The van der Waals surface area contributed by atoms with Crippen LogP contribution in [0.3, 0.4) is 0 Å². The Balaban J connectivity index is 1.43. The maximum atomic E-state index is 12.1. The summed E-state index contributed by atoms with van der Waals surface area (Å²) in [5.41, 5.74) is 0.822. The number of aromatic nitrogens is 2. The number of carbonyl (C=O) groups excluding carboxylic acids is 1. The fourth-order valence-electron chi connectivity index (χ4n) is 2.51. The summed E-state index contributed by atoms with van der Waals surface area (Å²) >= 11 is 5.87. The van der Waals surface area contributed by atoms with Gasteiger partial charge in [0.05, 0.1) is 32.5 Å². The van der Waals surface area contributed by atoms with Crippen LogP contribution in [0.4, 0.5) is 4.79 Å². The van der Waals surface area contributed by atoms with Crippen LogP contribution in [0.5, 0.6) is 0 Å². The highest BCUT2D eigenvalue weighted by Gasteiger charge is 2.19. The summed E-state index contributed by atoms with van der Waals surface area (Å²) in [6.07, 6.45) is 0.362. The molecule has 1 saturated heterocycles. The molecule has 0 saturated carbocycles. The minimum Gasteiger partial charge on any atom is -0.376 e. The first kappa shape index (κ1) is 18.6. The zero-order valence-electron chi connectivity index (χ0n) is 14.5. The standard InChI is InChI=1S/C17H21ClN4O4/c1-22(10-14-11-24-8-9-25-14)17(23)19-7-6-15-20-16(21-26-15)12-2-4-13(18)5-3-12/h2-5,14H,6-11H2,1H3,(H,19,23)/t14-/m1/s1. The van der Waals surface area contributed by atoms with Gasteiger partial charge in [-0.2, -0.15) is 4.98 Å². The lowest BCUT2D eigenvalue weighted by Gasteiger charge is -2.27. The number of halogens is 1. The van der Waals surface area contributed by atoms with Gasteiger partial charge >= 0.3 is 6.03 Å². The first-order valence-corrected chi connectivity index (χ1v) is 8.76. The second-order valence-electron chi connectivity index (χ2n) is 5.95. The number of hydrogen-bond donors (Lipinski definition) is 1. The fraction of sp³-hybridized carbons (Fsp3) is 0.471. The van der Waals surface area contributed by atoms with E-state index >= 15 is 0 Å². The third kappa shape index (κ3) is 5.17. The maximum Gasteiger partial charge on any atom is 0.317 e. The molecule has 1 aromatic carbocycles. The first-order chi connectivity index (χ1) is 12.6. The van der Waals surface area contributed by atoms with Crippen molar-refractivity contribution in [1.82, 2.24) is 20.4 Å². The molecule has 9 heteroatoms. The molecule has 1 aliphatic rings. The molecule has 26 heavy (non-hydrogen) atoms. The third-order valence-electron chi connectivity index (χ3n) is 3.89. The first-order valence-electron chi connectivity index (χ1n) is 8.38. The Kier molecular flexibility index (Phi) is 6.43. The predicted octanol–water partition coefficient (Wildman–Crippen LogP) is 1.99. The lowest BCUT2D eigenvalue weighted by Crippen LogP contribution is -2.45. The summed E-state index contributed by atoms with van der Waals surface area (Å²) in [6.45, 7) is 2.55. The highest BCUT2D eigenvalue weighted by molar-refractivity contribution is 6.30. The Labute approximate surface area is 156 Å².